The van der Waals surface area contributed by atoms with Crippen molar-refractivity contribution in [1.29, 1.82) is 0 Å². The third-order valence-electron chi connectivity index (χ3n) is 4.75. The highest BCUT2D eigenvalue weighted by atomic mass is 16.5. The van der Waals surface area contributed by atoms with Crippen molar-refractivity contribution in [2.45, 2.75) is 32.8 Å². The van der Waals surface area contributed by atoms with Crippen LogP contribution in [0.3, 0.4) is 0 Å². The summed E-state index contributed by atoms with van der Waals surface area (Å²) in [5, 5.41) is 2.91. The lowest BCUT2D eigenvalue weighted by Crippen LogP contribution is -2.26. The zero-order chi connectivity index (χ0) is 17.4. The molecule has 5 heteroatoms. The Labute approximate surface area is 146 Å². The molecule has 0 spiro atoms. The number of hydrogen-bond acceptors (Lipinski definition) is 3. The van der Waals surface area contributed by atoms with E-state index in [0.717, 1.165) is 41.0 Å². The molecule has 4 rings (SSSR count). The molecule has 0 radical (unpaired) electrons. The van der Waals surface area contributed by atoms with Crippen LogP contribution in [0.5, 0.6) is 0 Å². The van der Waals surface area contributed by atoms with Gasteiger partial charge >= 0.3 is 0 Å². The summed E-state index contributed by atoms with van der Waals surface area (Å²) in [5.74, 6) is 0.761. The Morgan fingerprint density at radius 2 is 1.96 bits per heavy atom. The fourth-order valence-electron chi connectivity index (χ4n) is 3.12. The topological polar surface area (TPSA) is 67.0 Å². The first-order valence-corrected chi connectivity index (χ1v) is 8.60. The fourth-order valence-corrected chi connectivity index (χ4v) is 3.12. The van der Waals surface area contributed by atoms with Crippen molar-refractivity contribution in [2.24, 2.45) is 0 Å². The molecule has 1 saturated heterocycles. The van der Waals surface area contributed by atoms with E-state index >= 15 is 0 Å². The molecule has 1 unspecified atom stereocenters. The van der Waals surface area contributed by atoms with Crippen LogP contribution in [0, 0.1) is 13.8 Å². The second-order valence-electron chi connectivity index (χ2n) is 6.61. The van der Waals surface area contributed by atoms with Crippen LogP contribution in [0.2, 0.25) is 0 Å². The van der Waals surface area contributed by atoms with Crippen molar-refractivity contribution >= 4 is 22.6 Å². The summed E-state index contributed by atoms with van der Waals surface area (Å²) in [4.78, 5) is 20.1. The quantitative estimate of drug-likeness (QED) is 0.761. The van der Waals surface area contributed by atoms with Gasteiger partial charge in [-0.3, -0.25) is 4.79 Å². The summed E-state index contributed by atoms with van der Waals surface area (Å²) in [5.41, 5.74) is 6.24. The number of rotatable bonds is 3. The van der Waals surface area contributed by atoms with Gasteiger partial charge in [-0.15, -0.1) is 0 Å². The minimum Gasteiger partial charge on any atom is -0.368 e. The zero-order valence-corrected chi connectivity index (χ0v) is 14.4. The number of carbonyl (C=O) groups excluding carboxylic acids is 1. The molecule has 128 valence electrons. The molecule has 1 aromatic heterocycles. The summed E-state index contributed by atoms with van der Waals surface area (Å²) in [6.07, 6.45) is 1.42. The highest BCUT2D eigenvalue weighted by Crippen LogP contribution is 2.24. The number of hydrogen-bond donors (Lipinski definition) is 2. The minimum atomic E-state index is -0.318. The van der Waals surface area contributed by atoms with E-state index in [1.807, 2.05) is 24.3 Å². The van der Waals surface area contributed by atoms with Crippen molar-refractivity contribution < 1.29 is 9.53 Å². The number of carbonyl (C=O) groups is 1. The number of fused-ring (bicyclic) bond motifs is 1. The number of nitrogens with one attached hydrogen (secondary N) is 2. The highest BCUT2D eigenvalue weighted by molar-refractivity contribution is 5.94. The summed E-state index contributed by atoms with van der Waals surface area (Å²) in [6, 6.07) is 11.9. The molecule has 2 heterocycles. The maximum atomic E-state index is 12.1. The predicted molar refractivity (Wildman–Crippen MR) is 98.6 cm³/mol. The van der Waals surface area contributed by atoms with E-state index in [1.165, 1.54) is 11.1 Å². The maximum Gasteiger partial charge on any atom is 0.253 e. The number of H-pyrrole nitrogens is 1. The van der Waals surface area contributed by atoms with Gasteiger partial charge < -0.3 is 15.0 Å². The van der Waals surface area contributed by atoms with Crippen LogP contribution in [0.4, 0.5) is 5.69 Å². The molecule has 1 amide bonds. The van der Waals surface area contributed by atoms with Gasteiger partial charge in [-0.25, -0.2) is 4.98 Å². The molecule has 5 nitrogen and oxygen atoms in total. The average molecular weight is 335 g/mol. The third-order valence-corrected chi connectivity index (χ3v) is 4.75. The van der Waals surface area contributed by atoms with E-state index < -0.39 is 0 Å². The van der Waals surface area contributed by atoms with Crippen LogP contribution in [-0.4, -0.2) is 28.6 Å². The van der Waals surface area contributed by atoms with E-state index in [0.29, 0.717) is 6.61 Å². The molecular weight excluding hydrogens is 314 g/mol. The minimum absolute atomic E-state index is 0.0695. The predicted octanol–water partition coefficient (Wildman–Crippen LogP) is 3.96. The molecule has 3 aromatic rings. The molecule has 1 aliphatic heterocycles. The number of aryl methyl sites for hydroxylation is 2. The van der Waals surface area contributed by atoms with Gasteiger partial charge in [-0.1, -0.05) is 0 Å². The summed E-state index contributed by atoms with van der Waals surface area (Å²) < 4.78 is 5.41. The third kappa shape index (κ3) is 3.15. The smallest absolute Gasteiger partial charge is 0.253 e. The number of amides is 1. The Kier molecular flexibility index (Phi) is 4.01. The fraction of sp³-hybridized carbons (Fsp3) is 0.300. The first-order valence-electron chi connectivity index (χ1n) is 8.60. The van der Waals surface area contributed by atoms with Crippen molar-refractivity contribution in [3.05, 3.63) is 47.5 Å². The second-order valence-corrected chi connectivity index (χ2v) is 6.61. The van der Waals surface area contributed by atoms with E-state index in [-0.39, 0.29) is 12.0 Å². The van der Waals surface area contributed by atoms with Gasteiger partial charge in [-0.05, 0) is 74.2 Å². The average Bonchev–Trinajstić information content (AvgIpc) is 3.26. The van der Waals surface area contributed by atoms with Crippen LogP contribution >= 0.6 is 0 Å². The molecule has 1 atom stereocenters. The van der Waals surface area contributed by atoms with Crippen molar-refractivity contribution in [3.63, 3.8) is 0 Å². The van der Waals surface area contributed by atoms with Gasteiger partial charge in [0.05, 0.1) is 11.0 Å². The molecular formula is C20H21N3O2. The van der Waals surface area contributed by atoms with Gasteiger partial charge in [-0.2, -0.15) is 0 Å². The monoisotopic (exact) mass is 335 g/mol. The summed E-state index contributed by atoms with van der Waals surface area (Å²) in [7, 11) is 0. The molecule has 1 aliphatic rings. The van der Waals surface area contributed by atoms with Gasteiger partial charge in [0.25, 0.3) is 5.91 Å². The number of aromatic amines is 1. The lowest BCUT2D eigenvalue weighted by atomic mass is 10.1. The van der Waals surface area contributed by atoms with E-state index in [9.17, 15) is 4.79 Å². The number of imidazole rings is 1. The molecule has 0 saturated carbocycles. The van der Waals surface area contributed by atoms with Gasteiger partial charge in [0.1, 0.15) is 11.9 Å². The van der Waals surface area contributed by atoms with Crippen LogP contribution in [-0.2, 0) is 9.53 Å². The number of aromatic nitrogens is 2. The summed E-state index contributed by atoms with van der Waals surface area (Å²) in [6.45, 7) is 4.86. The molecule has 2 aromatic carbocycles. The van der Waals surface area contributed by atoms with E-state index in [1.54, 1.807) is 0 Å². The second kappa shape index (κ2) is 6.33. The molecule has 25 heavy (non-hydrogen) atoms. The number of anilines is 1. The van der Waals surface area contributed by atoms with Crippen LogP contribution in [0.1, 0.15) is 24.0 Å². The Morgan fingerprint density at radius 1 is 1.20 bits per heavy atom. The van der Waals surface area contributed by atoms with Gasteiger partial charge in [0.15, 0.2) is 0 Å². The van der Waals surface area contributed by atoms with Crippen molar-refractivity contribution in [3.8, 4) is 11.4 Å². The Morgan fingerprint density at radius 3 is 2.68 bits per heavy atom. The Bertz CT molecular complexity index is 883. The normalized spacial score (nSPS) is 17.1. The van der Waals surface area contributed by atoms with Gasteiger partial charge in [0, 0.05) is 17.9 Å². The molecule has 2 N–H and O–H groups in total. The van der Waals surface area contributed by atoms with Crippen LogP contribution < -0.4 is 5.32 Å². The lowest BCUT2D eigenvalue weighted by molar-refractivity contribution is -0.124. The number of nitrogens with zero attached hydrogens (tertiary/aromatic N) is 1. The molecule has 0 aliphatic carbocycles. The Balaban J connectivity index is 1.54. The lowest BCUT2D eigenvalue weighted by Gasteiger charge is -2.10. The molecule has 1 fully saturated rings. The SMILES string of the molecule is Cc1cc2nc(-c3ccc(NC(=O)C4CCCO4)cc3)[nH]c2cc1C. The largest absolute Gasteiger partial charge is 0.368 e. The van der Waals surface area contributed by atoms with Crippen LogP contribution in [0.15, 0.2) is 36.4 Å². The molecule has 0 bridgehead atoms. The van der Waals surface area contributed by atoms with Crippen LogP contribution in [0.25, 0.3) is 22.4 Å². The summed E-state index contributed by atoms with van der Waals surface area (Å²) >= 11 is 0. The standard InChI is InChI=1S/C20H21N3O2/c1-12-10-16-17(11-13(12)2)23-19(22-16)14-5-7-15(8-6-14)21-20(24)18-4-3-9-25-18/h5-8,10-11,18H,3-4,9H2,1-2H3,(H,21,24)(H,22,23). The zero-order valence-electron chi connectivity index (χ0n) is 14.4. The first kappa shape index (κ1) is 15.8. The Hall–Kier alpha value is -2.66. The van der Waals surface area contributed by atoms with Gasteiger partial charge in [0.2, 0.25) is 0 Å². The first-order chi connectivity index (χ1) is 12.1. The number of ether oxygens (including phenoxy) is 1. The van der Waals surface area contributed by atoms with E-state index in [4.69, 9.17) is 4.74 Å². The number of benzene rings is 2. The van der Waals surface area contributed by atoms with Crippen molar-refractivity contribution in [1.82, 2.24) is 9.97 Å². The van der Waals surface area contributed by atoms with E-state index in [2.05, 4.69) is 41.3 Å². The maximum absolute atomic E-state index is 12.1. The highest BCUT2D eigenvalue weighted by Gasteiger charge is 2.23. The van der Waals surface area contributed by atoms with Crippen molar-refractivity contribution in [2.75, 3.05) is 11.9 Å².